The monoisotopic (exact) mass is 243 g/mol. The molecule has 0 saturated carbocycles. The number of hydrogen-bond acceptors (Lipinski definition) is 5. The summed E-state index contributed by atoms with van der Waals surface area (Å²) in [7, 11) is 1.71. The molecule has 0 aliphatic heterocycles. The molecule has 0 atom stereocenters. The zero-order valence-electron chi connectivity index (χ0n) is 10.3. The van der Waals surface area contributed by atoms with Crippen molar-refractivity contribution in [3.05, 3.63) is 10.0 Å². The topological polar surface area (TPSA) is 47.0 Å². The van der Waals surface area contributed by atoms with Crippen molar-refractivity contribution in [2.45, 2.75) is 39.2 Å². The second-order valence-electron chi connectivity index (χ2n) is 3.72. The van der Waals surface area contributed by atoms with Gasteiger partial charge in [0, 0.05) is 26.1 Å². The van der Waals surface area contributed by atoms with Crippen LogP contribution in [-0.2, 0) is 11.3 Å². The van der Waals surface area contributed by atoms with Crippen LogP contribution < -0.4 is 5.32 Å². The zero-order chi connectivity index (χ0) is 11.8. The molecule has 1 aromatic rings. The summed E-state index contributed by atoms with van der Waals surface area (Å²) in [4.78, 5) is 0. The van der Waals surface area contributed by atoms with E-state index in [0.29, 0.717) is 5.92 Å². The molecule has 0 fully saturated rings. The van der Waals surface area contributed by atoms with E-state index in [4.69, 9.17) is 4.74 Å². The van der Waals surface area contributed by atoms with Crippen LogP contribution >= 0.6 is 11.3 Å². The molecule has 1 rings (SSSR count). The Bertz CT molecular complexity index is 287. The van der Waals surface area contributed by atoms with Gasteiger partial charge in [0.2, 0.25) is 0 Å². The third-order valence-corrected chi connectivity index (χ3v) is 3.66. The molecule has 0 aromatic carbocycles. The van der Waals surface area contributed by atoms with Gasteiger partial charge in [0.1, 0.15) is 10.0 Å². The predicted molar refractivity (Wildman–Crippen MR) is 66.8 cm³/mol. The molecule has 0 aliphatic carbocycles. The van der Waals surface area contributed by atoms with E-state index in [-0.39, 0.29) is 0 Å². The molecule has 1 aromatic heterocycles. The van der Waals surface area contributed by atoms with Gasteiger partial charge in [-0.25, -0.2) is 0 Å². The van der Waals surface area contributed by atoms with Gasteiger partial charge in [-0.1, -0.05) is 25.2 Å². The number of methoxy groups -OCH3 is 1. The van der Waals surface area contributed by atoms with Crippen molar-refractivity contribution in [2.24, 2.45) is 0 Å². The first-order valence-corrected chi connectivity index (χ1v) is 6.65. The Morgan fingerprint density at radius 3 is 2.69 bits per heavy atom. The van der Waals surface area contributed by atoms with E-state index in [9.17, 15) is 0 Å². The molecule has 1 heterocycles. The van der Waals surface area contributed by atoms with Crippen LogP contribution in [-0.4, -0.2) is 30.5 Å². The molecule has 0 amide bonds. The van der Waals surface area contributed by atoms with Crippen LogP contribution in [0.1, 0.15) is 42.6 Å². The van der Waals surface area contributed by atoms with E-state index in [0.717, 1.165) is 37.5 Å². The average Bonchev–Trinajstić information content (AvgIpc) is 2.75. The number of nitrogens with zero attached hydrogens (tertiary/aromatic N) is 2. The van der Waals surface area contributed by atoms with Crippen LogP contribution in [0.15, 0.2) is 0 Å². The smallest absolute Gasteiger partial charge is 0.131 e. The molecule has 0 unspecified atom stereocenters. The van der Waals surface area contributed by atoms with Crippen LogP contribution in [0.2, 0.25) is 0 Å². The average molecular weight is 243 g/mol. The van der Waals surface area contributed by atoms with E-state index >= 15 is 0 Å². The standard InChI is InChI=1S/C11H21N3OS/c1-4-9(5-2)11-14-13-10(16-11)8-12-6-7-15-3/h9,12H,4-8H2,1-3H3. The third kappa shape index (κ3) is 4.15. The molecule has 0 aliphatic rings. The molecular weight excluding hydrogens is 222 g/mol. The van der Waals surface area contributed by atoms with Crippen molar-refractivity contribution in [2.75, 3.05) is 20.3 Å². The minimum absolute atomic E-state index is 0.574. The predicted octanol–water partition coefficient (Wildman–Crippen LogP) is 2.18. The second-order valence-corrected chi connectivity index (χ2v) is 4.81. The lowest BCUT2D eigenvalue weighted by molar-refractivity contribution is 0.199. The number of rotatable bonds is 8. The zero-order valence-corrected chi connectivity index (χ0v) is 11.1. The lowest BCUT2D eigenvalue weighted by Gasteiger charge is -2.05. The van der Waals surface area contributed by atoms with Gasteiger partial charge in [0.25, 0.3) is 0 Å². The maximum Gasteiger partial charge on any atom is 0.131 e. The van der Waals surface area contributed by atoms with E-state index in [2.05, 4.69) is 29.4 Å². The number of nitrogens with one attached hydrogen (secondary N) is 1. The Labute approximate surface area is 101 Å². The van der Waals surface area contributed by atoms with Gasteiger partial charge in [-0.15, -0.1) is 10.2 Å². The first-order chi connectivity index (χ1) is 7.81. The second kappa shape index (κ2) is 7.70. The Morgan fingerprint density at radius 2 is 2.06 bits per heavy atom. The molecule has 16 heavy (non-hydrogen) atoms. The van der Waals surface area contributed by atoms with E-state index < -0.39 is 0 Å². The Hall–Kier alpha value is -0.520. The van der Waals surface area contributed by atoms with Gasteiger partial charge in [-0.05, 0) is 12.8 Å². The van der Waals surface area contributed by atoms with Crippen molar-refractivity contribution in [3.63, 3.8) is 0 Å². The van der Waals surface area contributed by atoms with Crippen LogP contribution in [0, 0.1) is 0 Å². The molecule has 4 nitrogen and oxygen atoms in total. The Balaban J connectivity index is 2.38. The molecule has 0 bridgehead atoms. The van der Waals surface area contributed by atoms with Crippen LogP contribution in [0.5, 0.6) is 0 Å². The Kier molecular flexibility index (Phi) is 6.52. The highest BCUT2D eigenvalue weighted by Crippen LogP contribution is 2.25. The maximum absolute atomic E-state index is 4.96. The lowest BCUT2D eigenvalue weighted by Crippen LogP contribution is -2.18. The summed E-state index contributed by atoms with van der Waals surface area (Å²) in [6.07, 6.45) is 2.28. The van der Waals surface area contributed by atoms with E-state index in [1.54, 1.807) is 18.4 Å². The maximum atomic E-state index is 4.96. The van der Waals surface area contributed by atoms with Crippen LogP contribution in [0.25, 0.3) is 0 Å². The van der Waals surface area contributed by atoms with Crippen molar-refractivity contribution in [1.82, 2.24) is 15.5 Å². The summed E-state index contributed by atoms with van der Waals surface area (Å²) < 4.78 is 4.96. The largest absolute Gasteiger partial charge is 0.383 e. The number of hydrogen-bond donors (Lipinski definition) is 1. The molecule has 92 valence electrons. The highest BCUT2D eigenvalue weighted by atomic mass is 32.1. The van der Waals surface area contributed by atoms with Crippen LogP contribution in [0.4, 0.5) is 0 Å². The van der Waals surface area contributed by atoms with Crippen molar-refractivity contribution < 1.29 is 4.74 Å². The summed E-state index contributed by atoms with van der Waals surface area (Å²) >= 11 is 1.72. The first kappa shape index (κ1) is 13.5. The normalized spacial score (nSPS) is 11.2. The van der Waals surface area contributed by atoms with E-state index in [1.807, 2.05) is 0 Å². The quantitative estimate of drug-likeness (QED) is 0.711. The van der Waals surface area contributed by atoms with Crippen molar-refractivity contribution >= 4 is 11.3 Å². The van der Waals surface area contributed by atoms with Gasteiger partial charge < -0.3 is 10.1 Å². The fraction of sp³-hybridized carbons (Fsp3) is 0.818. The highest BCUT2D eigenvalue weighted by Gasteiger charge is 2.12. The number of ether oxygens (including phenoxy) is 1. The summed E-state index contributed by atoms with van der Waals surface area (Å²) in [6.45, 7) is 6.79. The summed E-state index contributed by atoms with van der Waals surface area (Å²) in [6, 6.07) is 0. The summed E-state index contributed by atoms with van der Waals surface area (Å²) in [5.41, 5.74) is 0. The van der Waals surface area contributed by atoms with Gasteiger partial charge in [-0.2, -0.15) is 0 Å². The number of aromatic nitrogens is 2. The molecule has 0 spiro atoms. The molecule has 5 heteroatoms. The fourth-order valence-corrected chi connectivity index (χ4v) is 2.59. The fourth-order valence-electron chi connectivity index (χ4n) is 1.51. The summed E-state index contributed by atoms with van der Waals surface area (Å²) in [5, 5.41) is 14.0. The van der Waals surface area contributed by atoms with Gasteiger partial charge in [-0.3, -0.25) is 0 Å². The van der Waals surface area contributed by atoms with Gasteiger partial charge >= 0.3 is 0 Å². The van der Waals surface area contributed by atoms with Crippen molar-refractivity contribution in [3.8, 4) is 0 Å². The van der Waals surface area contributed by atoms with Crippen molar-refractivity contribution in [1.29, 1.82) is 0 Å². The Morgan fingerprint density at radius 1 is 1.31 bits per heavy atom. The molecule has 0 saturated heterocycles. The minimum atomic E-state index is 0.574. The highest BCUT2D eigenvalue weighted by molar-refractivity contribution is 7.11. The SMILES string of the molecule is CCC(CC)c1nnc(CNCCOC)s1. The van der Waals surface area contributed by atoms with E-state index in [1.165, 1.54) is 5.01 Å². The first-order valence-electron chi connectivity index (χ1n) is 5.83. The molecular formula is C11H21N3OS. The third-order valence-electron chi connectivity index (χ3n) is 2.58. The van der Waals surface area contributed by atoms with Gasteiger partial charge in [0.05, 0.1) is 6.61 Å². The summed E-state index contributed by atoms with van der Waals surface area (Å²) in [5.74, 6) is 0.574. The molecule has 0 radical (unpaired) electrons. The van der Waals surface area contributed by atoms with Gasteiger partial charge in [0.15, 0.2) is 0 Å². The lowest BCUT2D eigenvalue weighted by atomic mass is 10.1. The minimum Gasteiger partial charge on any atom is -0.383 e. The molecule has 1 N–H and O–H groups in total. The van der Waals surface area contributed by atoms with Crippen LogP contribution in [0.3, 0.4) is 0 Å².